The van der Waals surface area contributed by atoms with Crippen molar-refractivity contribution in [2.24, 2.45) is 0 Å². The number of likely N-dealkylation sites (tertiary alicyclic amines) is 1. The first-order valence-electron chi connectivity index (χ1n) is 6.81. The Morgan fingerprint density at radius 2 is 1.88 bits per heavy atom. The number of hydrogen-bond acceptors (Lipinski definition) is 3. The van der Waals surface area contributed by atoms with E-state index in [0.29, 0.717) is 12.1 Å². The average molecular weight is 227 g/mol. The van der Waals surface area contributed by atoms with Crippen LogP contribution in [0.1, 0.15) is 33.6 Å². The van der Waals surface area contributed by atoms with Crippen LogP contribution >= 0.6 is 0 Å². The van der Waals surface area contributed by atoms with E-state index in [2.05, 4.69) is 42.9 Å². The highest BCUT2D eigenvalue weighted by molar-refractivity contribution is 4.76. The van der Waals surface area contributed by atoms with Crippen molar-refractivity contribution in [3.63, 3.8) is 0 Å². The zero-order chi connectivity index (χ0) is 12.0. The van der Waals surface area contributed by atoms with Gasteiger partial charge in [0.15, 0.2) is 0 Å². The molecule has 1 aliphatic rings. The van der Waals surface area contributed by atoms with Gasteiger partial charge in [-0.1, -0.05) is 6.92 Å². The summed E-state index contributed by atoms with van der Waals surface area (Å²) >= 11 is 0. The van der Waals surface area contributed by atoms with E-state index in [1.807, 2.05) is 0 Å². The Bertz CT molecular complexity index is 178. The molecule has 3 nitrogen and oxygen atoms in total. The summed E-state index contributed by atoms with van der Waals surface area (Å²) in [6.07, 6.45) is 2.79. The lowest BCUT2D eigenvalue weighted by Crippen LogP contribution is -2.47. The summed E-state index contributed by atoms with van der Waals surface area (Å²) in [5, 5.41) is 3.50. The zero-order valence-electron chi connectivity index (χ0n) is 11.5. The summed E-state index contributed by atoms with van der Waals surface area (Å²) in [5.41, 5.74) is 0. The SMILES string of the molecule is CCNC(C)C(C)N(C)CCN1CCCC1. The van der Waals surface area contributed by atoms with Gasteiger partial charge in [0, 0.05) is 25.2 Å². The van der Waals surface area contributed by atoms with E-state index in [1.54, 1.807) is 0 Å². The molecule has 0 aromatic carbocycles. The van der Waals surface area contributed by atoms with E-state index < -0.39 is 0 Å². The van der Waals surface area contributed by atoms with E-state index in [9.17, 15) is 0 Å². The zero-order valence-corrected chi connectivity index (χ0v) is 11.5. The Labute approximate surface area is 101 Å². The molecule has 1 heterocycles. The molecule has 0 aromatic rings. The summed E-state index contributed by atoms with van der Waals surface area (Å²) in [7, 11) is 2.24. The third-order valence-corrected chi connectivity index (χ3v) is 3.91. The Kier molecular flexibility index (Phi) is 6.32. The quantitative estimate of drug-likeness (QED) is 0.709. The normalized spacial score (nSPS) is 21.6. The Hall–Kier alpha value is -0.120. The lowest BCUT2D eigenvalue weighted by molar-refractivity contribution is 0.187. The van der Waals surface area contributed by atoms with Crippen LogP contribution in [0, 0.1) is 0 Å². The predicted molar refractivity (Wildman–Crippen MR) is 70.9 cm³/mol. The van der Waals surface area contributed by atoms with E-state index in [1.165, 1.54) is 39.0 Å². The average Bonchev–Trinajstić information content (AvgIpc) is 2.78. The fraction of sp³-hybridized carbons (Fsp3) is 1.00. The second kappa shape index (κ2) is 7.25. The highest BCUT2D eigenvalue weighted by Gasteiger charge is 2.17. The van der Waals surface area contributed by atoms with Gasteiger partial charge >= 0.3 is 0 Å². The molecule has 3 heteroatoms. The van der Waals surface area contributed by atoms with Gasteiger partial charge in [0.25, 0.3) is 0 Å². The molecule has 1 aliphatic heterocycles. The number of nitrogens with zero attached hydrogens (tertiary/aromatic N) is 2. The van der Waals surface area contributed by atoms with Crippen molar-refractivity contribution < 1.29 is 0 Å². The van der Waals surface area contributed by atoms with Crippen LogP contribution in [-0.2, 0) is 0 Å². The summed E-state index contributed by atoms with van der Waals surface area (Å²) in [6.45, 7) is 12.9. The van der Waals surface area contributed by atoms with Crippen molar-refractivity contribution in [2.45, 2.75) is 45.7 Å². The second-order valence-electron chi connectivity index (χ2n) is 5.12. The molecular formula is C13H29N3. The molecule has 1 fully saturated rings. The molecule has 0 spiro atoms. The molecule has 0 radical (unpaired) electrons. The summed E-state index contributed by atoms with van der Waals surface area (Å²) < 4.78 is 0. The van der Waals surface area contributed by atoms with Crippen LogP contribution in [0.15, 0.2) is 0 Å². The standard InChI is InChI=1S/C13H29N3/c1-5-14-12(2)13(3)15(4)10-11-16-8-6-7-9-16/h12-14H,5-11H2,1-4H3. The molecule has 0 aliphatic carbocycles. The fourth-order valence-corrected chi connectivity index (χ4v) is 2.38. The minimum atomic E-state index is 0.577. The summed E-state index contributed by atoms with van der Waals surface area (Å²) in [5.74, 6) is 0. The Balaban J connectivity index is 2.19. The minimum absolute atomic E-state index is 0.577. The largest absolute Gasteiger partial charge is 0.313 e. The molecule has 2 atom stereocenters. The maximum Gasteiger partial charge on any atom is 0.0215 e. The van der Waals surface area contributed by atoms with Gasteiger partial charge in [-0.15, -0.1) is 0 Å². The van der Waals surface area contributed by atoms with Crippen LogP contribution in [0.3, 0.4) is 0 Å². The Morgan fingerprint density at radius 3 is 2.44 bits per heavy atom. The van der Waals surface area contributed by atoms with Crippen LogP contribution in [-0.4, -0.2) is 61.7 Å². The lowest BCUT2D eigenvalue weighted by atomic mass is 10.1. The van der Waals surface area contributed by atoms with E-state index in [0.717, 1.165) is 6.54 Å². The number of nitrogens with one attached hydrogen (secondary N) is 1. The van der Waals surface area contributed by atoms with Gasteiger partial charge in [-0.25, -0.2) is 0 Å². The highest BCUT2D eigenvalue weighted by atomic mass is 15.2. The van der Waals surface area contributed by atoms with E-state index in [4.69, 9.17) is 0 Å². The van der Waals surface area contributed by atoms with Gasteiger partial charge < -0.3 is 15.1 Å². The van der Waals surface area contributed by atoms with Crippen LogP contribution in [0.2, 0.25) is 0 Å². The van der Waals surface area contributed by atoms with Gasteiger partial charge in [-0.05, 0) is 53.4 Å². The second-order valence-corrected chi connectivity index (χ2v) is 5.12. The third kappa shape index (κ3) is 4.40. The van der Waals surface area contributed by atoms with E-state index >= 15 is 0 Å². The molecule has 16 heavy (non-hydrogen) atoms. The molecule has 0 aromatic heterocycles. The molecule has 0 amide bonds. The fourth-order valence-electron chi connectivity index (χ4n) is 2.38. The van der Waals surface area contributed by atoms with Crippen molar-refractivity contribution in [1.29, 1.82) is 0 Å². The van der Waals surface area contributed by atoms with Gasteiger partial charge in [0.2, 0.25) is 0 Å². The summed E-state index contributed by atoms with van der Waals surface area (Å²) in [6, 6.07) is 1.19. The molecule has 1 saturated heterocycles. The highest BCUT2D eigenvalue weighted by Crippen LogP contribution is 2.08. The van der Waals surface area contributed by atoms with Gasteiger partial charge in [0.1, 0.15) is 0 Å². The van der Waals surface area contributed by atoms with Crippen molar-refractivity contribution in [3.8, 4) is 0 Å². The molecular weight excluding hydrogens is 198 g/mol. The van der Waals surface area contributed by atoms with Crippen molar-refractivity contribution in [2.75, 3.05) is 39.8 Å². The molecule has 0 bridgehead atoms. The number of hydrogen-bond donors (Lipinski definition) is 1. The van der Waals surface area contributed by atoms with Crippen LogP contribution in [0.25, 0.3) is 0 Å². The van der Waals surface area contributed by atoms with Crippen molar-refractivity contribution in [1.82, 2.24) is 15.1 Å². The molecule has 0 saturated carbocycles. The van der Waals surface area contributed by atoms with Crippen LogP contribution < -0.4 is 5.32 Å². The lowest BCUT2D eigenvalue weighted by Gasteiger charge is -2.31. The predicted octanol–water partition coefficient (Wildman–Crippen LogP) is 1.40. The van der Waals surface area contributed by atoms with Gasteiger partial charge in [-0.2, -0.15) is 0 Å². The van der Waals surface area contributed by atoms with Gasteiger partial charge in [0.05, 0.1) is 0 Å². The Morgan fingerprint density at radius 1 is 1.25 bits per heavy atom. The topological polar surface area (TPSA) is 18.5 Å². The minimum Gasteiger partial charge on any atom is -0.313 e. The number of rotatable bonds is 7. The first kappa shape index (κ1) is 13.9. The van der Waals surface area contributed by atoms with Crippen molar-refractivity contribution in [3.05, 3.63) is 0 Å². The smallest absolute Gasteiger partial charge is 0.0215 e. The molecule has 96 valence electrons. The maximum absolute atomic E-state index is 3.50. The molecule has 1 rings (SSSR count). The monoisotopic (exact) mass is 227 g/mol. The molecule has 2 unspecified atom stereocenters. The van der Waals surface area contributed by atoms with Crippen LogP contribution in [0.5, 0.6) is 0 Å². The van der Waals surface area contributed by atoms with Crippen molar-refractivity contribution >= 4 is 0 Å². The molecule has 1 N–H and O–H groups in total. The summed E-state index contributed by atoms with van der Waals surface area (Å²) in [4.78, 5) is 5.06. The first-order valence-corrected chi connectivity index (χ1v) is 6.81. The third-order valence-electron chi connectivity index (χ3n) is 3.91. The number of likely N-dealkylation sites (N-methyl/N-ethyl adjacent to an activating group) is 2. The first-order chi connectivity index (χ1) is 7.65. The van der Waals surface area contributed by atoms with E-state index in [-0.39, 0.29) is 0 Å². The maximum atomic E-state index is 3.50. The van der Waals surface area contributed by atoms with Crippen LogP contribution in [0.4, 0.5) is 0 Å². The van der Waals surface area contributed by atoms with Gasteiger partial charge in [-0.3, -0.25) is 0 Å².